The highest BCUT2D eigenvalue weighted by Gasteiger charge is 2.06. The lowest BCUT2D eigenvalue weighted by Crippen LogP contribution is -1.97. The Kier molecular flexibility index (Phi) is 4.33. The number of rotatable bonds is 4. The number of phenols is 1. The molecule has 5 nitrogen and oxygen atoms in total. The zero-order valence-electron chi connectivity index (χ0n) is 13.4. The third kappa shape index (κ3) is 3.15. The fraction of sp³-hybridized carbons (Fsp3) is 0.158. The smallest absolute Gasteiger partial charge is 0.336 e. The first-order valence-corrected chi connectivity index (χ1v) is 7.62. The minimum absolute atomic E-state index is 0.0475. The summed E-state index contributed by atoms with van der Waals surface area (Å²) in [5.41, 5.74) is 2.13. The molecule has 3 aromatic rings. The molecule has 122 valence electrons. The van der Waals surface area contributed by atoms with Gasteiger partial charge in [0.25, 0.3) is 0 Å². The first-order chi connectivity index (χ1) is 11.6. The van der Waals surface area contributed by atoms with Crippen molar-refractivity contribution in [3.8, 4) is 11.5 Å². The molecule has 0 aliphatic carbocycles. The maximum Gasteiger partial charge on any atom is 0.336 e. The number of ether oxygens (including phenoxy) is 1. The summed E-state index contributed by atoms with van der Waals surface area (Å²) in [4.78, 5) is 15.8. The Balaban J connectivity index is 1.96. The molecule has 0 bridgehead atoms. The van der Waals surface area contributed by atoms with Gasteiger partial charge in [0.1, 0.15) is 5.58 Å². The molecule has 0 amide bonds. The Morgan fingerprint density at radius 3 is 2.88 bits per heavy atom. The quantitative estimate of drug-likeness (QED) is 0.583. The summed E-state index contributed by atoms with van der Waals surface area (Å²) in [6, 6.07) is 12.1. The van der Waals surface area contributed by atoms with E-state index in [4.69, 9.17) is 9.15 Å². The number of benzene rings is 2. The monoisotopic (exact) mass is 323 g/mol. The lowest BCUT2D eigenvalue weighted by Gasteiger charge is -2.07. The standard InChI is InChI=1S/C19H17NO4/c1-3-23-16-6-4-5-13(19(16)22)11-20-14-7-8-15-12(2)9-18(21)24-17(15)10-14/h4-11,22H,3H2,1-2H3. The van der Waals surface area contributed by atoms with Crippen molar-refractivity contribution in [2.75, 3.05) is 6.61 Å². The maximum atomic E-state index is 11.5. The van der Waals surface area contributed by atoms with Gasteiger partial charge in [0, 0.05) is 29.3 Å². The topological polar surface area (TPSA) is 72.0 Å². The lowest BCUT2D eigenvalue weighted by atomic mass is 10.1. The molecule has 0 radical (unpaired) electrons. The number of phenolic OH excluding ortho intramolecular Hbond substituents is 1. The van der Waals surface area contributed by atoms with Crippen LogP contribution in [0.5, 0.6) is 11.5 Å². The second-order valence-corrected chi connectivity index (χ2v) is 5.31. The molecule has 3 rings (SSSR count). The number of aromatic hydroxyl groups is 1. The number of hydrogen-bond acceptors (Lipinski definition) is 5. The predicted octanol–water partition coefficient (Wildman–Crippen LogP) is 3.96. The third-order valence-corrected chi connectivity index (χ3v) is 3.62. The number of hydrogen-bond donors (Lipinski definition) is 1. The molecule has 2 aromatic carbocycles. The van der Waals surface area contributed by atoms with E-state index >= 15 is 0 Å². The molecule has 0 saturated heterocycles. The van der Waals surface area contributed by atoms with Gasteiger partial charge in [-0.25, -0.2) is 4.79 Å². The summed E-state index contributed by atoms with van der Waals surface area (Å²) in [6.07, 6.45) is 1.55. The molecule has 1 N–H and O–H groups in total. The summed E-state index contributed by atoms with van der Waals surface area (Å²) in [5, 5.41) is 11.0. The first-order valence-electron chi connectivity index (χ1n) is 7.62. The van der Waals surface area contributed by atoms with E-state index in [0.29, 0.717) is 29.2 Å². The summed E-state index contributed by atoms with van der Waals surface area (Å²) < 4.78 is 10.6. The predicted molar refractivity (Wildman–Crippen MR) is 93.8 cm³/mol. The Bertz CT molecular complexity index is 973. The van der Waals surface area contributed by atoms with Gasteiger partial charge in [-0.05, 0) is 43.7 Å². The van der Waals surface area contributed by atoms with E-state index < -0.39 is 0 Å². The van der Waals surface area contributed by atoms with E-state index in [0.717, 1.165) is 10.9 Å². The van der Waals surface area contributed by atoms with Gasteiger partial charge in [0.2, 0.25) is 0 Å². The highest BCUT2D eigenvalue weighted by atomic mass is 16.5. The minimum atomic E-state index is -0.386. The lowest BCUT2D eigenvalue weighted by molar-refractivity contribution is 0.318. The largest absolute Gasteiger partial charge is 0.504 e. The van der Waals surface area contributed by atoms with Gasteiger partial charge < -0.3 is 14.3 Å². The van der Waals surface area contributed by atoms with Gasteiger partial charge in [-0.3, -0.25) is 4.99 Å². The summed E-state index contributed by atoms with van der Waals surface area (Å²) in [6.45, 7) is 4.18. The zero-order chi connectivity index (χ0) is 17.1. The highest BCUT2D eigenvalue weighted by molar-refractivity contribution is 5.88. The van der Waals surface area contributed by atoms with Crippen LogP contribution in [0, 0.1) is 6.92 Å². The molecule has 0 spiro atoms. The van der Waals surface area contributed by atoms with E-state index in [9.17, 15) is 9.90 Å². The second kappa shape index (κ2) is 6.58. The second-order valence-electron chi connectivity index (χ2n) is 5.31. The van der Waals surface area contributed by atoms with Crippen LogP contribution in [0.4, 0.5) is 5.69 Å². The number of fused-ring (bicyclic) bond motifs is 1. The molecule has 24 heavy (non-hydrogen) atoms. The fourth-order valence-corrected chi connectivity index (χ4v) is 2.45. The van der Waals surface area contributed by atoms with Crippen LogP contribution in [-0.2, 0) is 0 Å². The van der Waals surface area contributed by atoms with Gasteiger partial charge in [0.05, 0.1) is 12.3 Å². The van der Waals surface area contributed by atoms with Crippen LogP contribution in [0.25, 0.3) is 11.0 Å². The molecular formula is C19H17NO4. The highest BCUT2D eigenvalue weighted by Crippen LogP contribution is 2.29. The van der Waals surface area contributed by atoms with Crippen LogP contribution >= 0.6 is 0 Å². The SMILES string of the molecule is CCOc1cccc(C=Nc2ccc3c(C)cc(=O)oc3c2)c1O. The van der Waals surface area contributed by atoms with E-state index in [1.807, 2.05) is 26.0 Å². The third-order valence-electron chi connectivity index (χ3n) is 3.62. The van der Waals surface area contributed by atoms with Gasteiger partial charge in [0.15, 0.2) is 11.5 Å². The van der Waals surface area contributed by atoms with Gasteiger partial charge in [-0.2, -0.15) is 0 Å². The minimum Gasteiger partial charge on any atom is -0.504 e. The van der Waals surface area contributed by atoms with Crippen LogP contribution in [0.15, 0.2) is 56.7 Å². The van der Waals surface area contributed by atoms with Gasteiger partial charge in [-0.15, -0.1) is 0 Å². The molecule has 1 aromatic heterocycles. The maximum absolute atomic E-state index is 11.5. The Morgan fingerprint density at radius 2 is 2.08 bits per heavy atom. The average molecular weight is 323 g/mol. The van der Waals surface area contributed by atoms with Crippen molar-refractivity contribution >= 4 is 22.9 Å². The van der Waals surface area contributed by atoms with Gasteiger partial charge >= 0.3 is 5.63 Å². The van der Waals surface area contributed by atoms with Crippen LogP contribution in [0.1, 0.15) is 18.1 Å². The van der Waals surface area contributed by atoms with Crippen molar-refractivity contribution in [3.05, 3.63) is 64.0 Å². The van der Waals surface area contributed by atoms with Crippen LogP contribution < -0.4 is 10.4 Å². The number of nitrogens with zero attached hydrogens (tertiary/aromatic N) is 1. The van der Waals surface area contributed by atoms with Crippen molar-refractivity contribution in [2.45, 2.75) is 13.8 Å². The first kappa shape index (κ1) is 15.8. The van der Waals surface area contributed by atoms with E-state index in [1.54, 1.807) is 30.5 Å². The van der Waals surface area contributed by atoms with Crippen molar-refractivity contribution in [1.82, 2.24) is 0 Å². The van der Waals surface area contributed by atoms with Crippen molar-refractivity contribution in [3.63, 3.8) is 0 Å². The molecule has 5 heteroatoms. The molecule has 0 unspecified atom stereocenters. The molecule has 1 heterocycles. The molecule has 0 fully saturated rings. The average Bonchev–Trinajstić information content (AvgIpc) is 2.55. The fourth-order valence-electron chi connectivity index (χ4n) is 2.45. The van der Waals surface area contributed by atoms with Crippen LogP contribution in [0.2, 0.25) is 0 Å². The number of para-hydroxylation sites is 1. The number of aryl methyl sites for hydroxylation is 1. The molecular weight excluding hydrogens is 306 g/mol. The van der Waals surface area contributed by atoms with Gasteiger partial charge in [-0.1, -0.05) is 6.07 Å². The van der Waals surface area contributed by atoms with E-state index in [-0.39, 0.29) is 11.4 Å². The van der Waals surface area contributed by atoms with Crippen molar-refractivity contribution in [2.24, 2.45) is 4.99 Å². The van der Waals surface area contributed by atoms with Crippen LogP contribution in [-0.4, -0.2) is 17.9 Å². The number of aliphatic imine (C=N–C) groups is 1. The Hall–Kier alpha value is -3.08. The molecule has 0 aliphatic rings. The Labute approximate surface area is 138 Å². The van der Waals surface area contributed by atoms with E-state index in [1.165, 1.54) is 6.07 Å². The zero-order valence-corrected chi connectivity index (χ0v) is 13.4. The Morgan fingerprint density at radius 1 is 1.25 bits per heavy atom. The summed E-state index contributed by atoms with van der Waals surface area (Å²) in [5.74, 6) is 0.466. The van der Waals surface area contributed by atoms with Crippen molar-refractivity contribution in [1.29, 1.82) is 0 Å². The molecule has 0 aliphatic heterocycles. The molecule has 0 atom stereocenters. The van der Waals surface area contributed by atoms with E-state index in [2.05, 4.69) is 4.99 Å². The normalized spacial score (nSPS) is 11.2. The van der Waals surface area contributed by atoms with Crippen LogP contribution in [0.3, 0.4) is 0 Å². The summed E-state index contributed by atoms with van der Waals surface area (Å²) in [7, 11) is 0. The van der Waals surface area contributed by atoms with Crippen molar-refractivity contribution < 1.29 is 14.3 Å². The summed E-state index contributed by atoms with van der Waals surface area (Å²) >= 11 is 0. The molecule has 0 saturated carbocycles.